The van der Waals surface area contributed by atoms with E-state index in [2.05, 4.69) is 5.32 Å². The fraction of sp³-hybridized carbons (Fsp3) is 0.136. The zero-order valence-corrected chi connectivity index (χ0v) is 16.1. The number of anilines is 1. The van der Waals surface area contributed by atoms with E-state index in [-0.39, 0.29) is 23.6 Å². The van der Waals surface area contributed by atoms with Gasteiger partial charge in [0, 0.05) is 41.9 Å². The van der Waals surface area contributed by atoms with Crippen molar-refractivity contribution in [3.8, 4) is 0 Å². The molecule has 3 rings (SSSR count). The van der Waals surface area contributed by atoms with Crippen LogP contribution in [0.3, 0.4) is 0 Å². The van der Waals surface area contributed by atoms with Crippen LogP contribution in [-0.4, -0.2) is 15.6 Å². The number of hydrogen-bond acceptors (Lipinski definition) is 6. The predicted octanol–water partition coefficient (Wildman–Crippen LogP) is 5.24. The van der Waals surface area contributed by atoms with Crippen LogP contribution in [0.5, 0.6) is 0 Å². The number of hydrogen-bond donors (Lipinski definition) is 1. The van der Waals surface area contributed by atoms with E-state index in [1.807, 2.05) is 19.1 Å². The van der Waals surface area contributed by atoms with Gasteiger partial charge in [0.1, 0.15) is 0 Å². The molecule has 0 aliphatic heterocycles. The Hall–Kier alpha value is -4.07. The SMILES string of the molecule is Cc1ccc(C(=O)CC(Nc2cccc([N+](=O)[O-])c2)c2cccc([N+](=O)[O-])c2)cc1. The molecule has 0 aromatic heterocycles. The first-order valence-corrected chi connectivity index (χ1v) is 9.18. The third kappa shape index (κ3) is 5.05. The maximum absolute atomic E-state index is 12.8. The van der Waals surface area contributed by atoms with Crippen molar-refractivity contribution in [2.45, 2.75) is 19.4 Å². The molecule has 0 spiro atoms. The van der Waals surface area contributed by atoms with E-state index in [0.717, 1.165) is 5.56 Å². The highest BCUT2D eigenvalue weighted by Crippen LogP contribution is 2.28. The van der Waals surface area contributed by atoms with Gasteiger partial charge in [-0.05, 0) is 18.6 Å². The van der Waals surface area contributed by atoms with Gasteiger partial charge in [-0.2, -0.15) is 0 Å². The summed E-state index contributed by atoms with van der Waals surface area (Å²) in [6.45, 7) is 1.92. The molecule has 0 aliphatic rings. The molecule has 3 aromatic rings. The summed E-state index contributed by atoms with van der Waals surface area (Å²) in [5, 5.41) is 25.4. The smallest absolute Gasteiger partial charge is 0.271 e. The van der Waals surface area contributed by atoms with Crippen LogP contribution in [0.4, 0.5) is 17.1 Å². The Bertz CT molecular complexity index is 1100. The molecule has 0 saturated carbocycles. The Morgan fingerprint density at radius 1 is 0.900 bits per heavy atom. The number of aryl methyl sites for hydroxylation is 1. The normalized spacial score (nSPS) is 11.5. The number of ketones is 1. The maximum Gasteiger partial charge on any atom is 0.271 e. The van der Waals surface area contributed by atoms with Crippen molar-refractivity contribution in [1.82, 2.24) is 0 Å². The molecule has 3 aromatic carbocycles. The van der Waals surface area contributed by atoms with Crippen LogP contribution in [0.2, 0.25) is 0 Å². The number of nitrogens with zero attached hydrogens (tertiary/aromatic N) is 2. The van der Waals surface area contributed by atoms with E-state index in [4.69, 9.17) is 0 Å². The van der Waals surface area contributed by atoms with E-state index in [9.17, 15) is 25.0 Å². The van der Waals surface area contributed by atoms with Crippen molar-refractivity contribution < 1.29 is 14.6 Å². The highest BCUT2D eigenvalue weighted by atomic mass is 16.6. The minimum Gasteiger partial charge on any atom is -0.378 e. The molecule has 0 aliphatic carbocycles. The third-order valence-electron chi connectivity index (χ3n) is 4.64. The van der Waals surface area contributed by atoms with Crippen molar-refractivity contribution in [2.24, 2.45) is 0 Å². The molecule has 0 amide bonds. The van der Waals surface area contributed by atoms with E-state index < -0.39 is 15.9 Å². The Kier molecular flexibility index (Phi) is 6.17. The summed E-state index contributed by atoms with van der Waals surface area (Å²) >= 11 is 0. The first kappa shape index (κ1) is 20.7. The summed E-state index contributed by atoms with van der Waals surface area (Å²) in [6, 6.07) is 18.4. The van der Waals surface area contributed by atoms with Gasteiger partial charge in [0.15, 0.2) is 5.78 Å². The predicted molar refractivity (Wildman–Crippen MR) is 113 cm³/mol. The molecule has 8 nitrogen and oxygen atoms in total. The van der Waals surface area contributed by atoms with Gasteiger partial charge < -0.3 is 5.32 Å². The number of nitro benzene ring substituents is 2. The monoisotopic (exact) mass is 405 g/mol. The zero-order valence-electron chi connectivity index (χ0n) is 16.1. The first-order valence-electron chi connectivity index (χ1n) is 9.18. The standard InChI is InChI=1S/C22H19N3O5/c1-15-8-10-16(11-9-15)22(26)14-21(17-4-2-6-19(12-17)24(27)28)23-18-5-3-7-20(13-18)25(29)30/h2-13,21,23H,14H2,1H3. The van der Waals surface area contributed by atoms with E-state index in [0.29, 0.717) is 16.8 Å². The van der Waals surface area contributed by atoms with E-state index in [1.54, 1.807) is 30.3 Å². The second-order valence-electron chi connectivity index (χ2n) is 6.85. The highest BCUT2D eigenvalue weighted by molar-refractivity contribution is 5.96. The summed E-state index contributed by atoms with van der Waals surface area (Å²) in [5.74, 6) is -0.149. The number of carbonyl (C=O) groups excluding carboxylic acids is 1. The van der Waals surface area contributed by atoms with Crippen LogP contribution >= 0.6 is 0 Å². The molecule has 8 heteroatoms. The molecular formula is C22H19N3O5. The van der Waals surface area contributed by atoms with Gasteiger partial charge in [-0.1, -0.05) is 48.0 Å². The van der Waals surface area contributed by atoms with Gasteiger partial charge in [-0.25, -0.2) is 0 Å². The Balaban J connectivity index is 1.93. The fourth-order valence-electron chi connectivity index (χ4n) is 3.06. The van der Waals surface area contributed by atoms with Crippen LogP contribution in [0.1, 0.15) is 33.9 Å². The van der Waals surface area contributed by atoms with Gasteiger partial charge in [0.05, 0.1) is 15.9 Å². The molecule has 1 unspecified atom stereocenters. The van der Waals surface area contributed by atoms with Gasteiger partial charge in [0.2, 0.25) is 0 Å². The second kappa shape index (κ2) is 8.95. The summed E-state index contributed by atoms with van der Waals surface area (Å²) in [5.41, 5.74) is 2.34. The van der Waals surface area contributed by atoms with E-state index >= 15 is 0 Å². The van der Waals surface area contributed by atoms with Crippen molar-refractivity contribution in [3.05, 3.63) is 110 Å². The van der Waals surface area contributed by atoms with Gasteiger partial charge in [-0.3, -0.25) is 25.0 Å². The average Bonchev–Trinajstić information content (AvgIpc) is 2.74. The third-order valence-corrected chi connectivity index (χ3v) is 4.64. The first-order chi connectivity index (χ1) is 14.3. The zero-order chi connectivity index (χ0) is 21.7. The Morgan fingerprint density at radius 3 is 2.13 bits per heavy atom. The maximum atomic E-state index is 12.8. The highest BCUT2D eigenvalue weighted by Gasteiger charge is 2.20. The average molecular weight is 405 g/mol. The molecular weight excluding hydrogens is 386 g/mol. The van der Waals surface area contributed by atoms with Crippen molar-refractivity contribution in [2.75, 3.05) is 5.32 Å². The lowest BCUT2D eigenvalue weighted by Crippen LogP contribution is -2.16. The molecule has 30 heavy (non-hydrogen) atoms. The van der Waals surface area contributed by atoms with Gasteiger partial charge >= 0.3 is 0 Å². The minimum atomic E-state index is -0.610. The van der Waals surface area contributed by atoms with Crippen molar-refractivity contribution >= 4 is 22.8 Å². The topological polar surface area (TPSA) is 115 Å². The number of Topliss-reactive ketones (excluding diaryl/α,β-unsaturated/α-hetero) is 1. The van der Waals surface area contributed by atoms with Crippen LogP contribution < -0.4 is 5.32 Å². The summed E-state index contributed by atoms with van der Waals surface area (Å²) in [4.78, 5) is 34.1. The molecule has 0 saturated heterocycles. The molecule has 1 atom stereocenters. The van der Waals surface area contributed by atoms with Crippen LogP contribution in [0, 0.1) is 27.2 Å². The Morgan fingerprint density at radius 2 is 1.50 bits per heavy atom. The van der Waals surface area contributed by atoms with Crippen LogP contribution in [0.25, 0.3) is 0 Å². The molecule has 0 bridgehead atoms. The summed E-state index contributed by atoms with van der Waals surface area (Å²) in [7, 11) is 0. The number of nitrogens with one attached hydrogen (secondary N) is 1. The van der Waals surface area contributed by atoms with Gasteiger partial charge in [-0.15, -0.1) is 0 Å². The number of rotatable bonds is 8. The van der Waals surface area contributed by atoms with Crippen molar-refractivity contribution in [1.29, 1.82) is 0 Å². The summed E-state index contributed by atoms with van der Waals surface area (Å²) < 4.78 is 0. The molecule has 152 valence electrons. The molecule has 0 radical (unpaired) electrons. The lowest BCUT2D eigenvalue weighted by molar-refractivity contribution is -0.385. The Labute approximate surface area is 172 Å². The number of benzene rings is 3. The largest absolute Gasteiger partial charge is 0.378 e. The molecule has 1 N–H and O–H groups in total. The lowest BCUT2D eigenvalue weighted by atomic mass is 9.96. The molecule has 0 heterocycles. The van der Waals surface area contributed by atoms with E-state index in [1.165, 1.54) is 30.3 Å². The quantitative estimate of drug-likeness (QED) is 0.311. The fourth-order valence-corrected chi connectivity index (χ4v) is 3.06. The number of carbonyl (C=O) groups is 1. The summed E-state index contributed by atoms with van der Waals surface area (Å²) in [6.07, 6.45) is 0.0208. The van der Waals surface area contributed by atoms with Gasteiger partial charge in [0.25, 0.3) is 11.4 Å². The molecule has 0 fully saturated rings. The second-order valence-corrected chi connectivity index (χ2v) is 6.85. The lowest BCUT2D eigenvalue weighted by Gasteiger charge is -2.20. The van der Waals surface area contributed by atoms with Crippen LogP contribution in [-0.2, 0) is 0 Å². The van der Waals surface area contributed by atoms with Crippen molar-refractivity contribution in [3.63, 3.8) is 0 Å². The minimum absolute atomic E-state index is 0.0208. The number of nitro groups is 2. The van der Waals surface area contributed by atoms with Crippen LogP contribution in [0.15, 0.2) is 72.8 Å². The number of non-ortho nitro benzene ring substituents is 2.